The molecule has 0 saturated heterocycles. The molecule has 0 spiro atoms. The summed E-state index contributed by atoms with van der Waals surface area (Å²) in [5.41, 5.74) is 0.881. The molecule has 0 atom stereocenters. The zero-order valence-corrected chi connectivity index (χ0v) is 12.1. The number of ketones is 2. The largest absolute Gasteiger partial charge is 0.376 e. The van der Waals surface area contributed by atoms with E-state index in [1.54, 1.807) is 19.1 Å². The summed E-state index contributed by atoms with van der Waals surface area (Å²) in [6, 6.07) is 3.28. The van der Waals surface area contributed by atoms with E-state index in [-0.39, 0.29) is 39.1 Å². The molecule has 0 radical (unpaired) electrons. The summed E-state index contributed by atoms with van der Waals surface area (Å²) in [7, 11) is 0. The minimum atomic E-state index is -0.368. The van der Waals surface area contributed by atoms with E-state index >= 15 is 0 Å². The van der Waals surface area contributed by atoms with Crippen molar-refractivity contribution in [3.63, 3.8) is 0 Å². The van der Waals surface area contributed by atoms with Gasteiger partial charge in [0.1, 0.15) is 16.4 Å². The first-order valence-electron chi connectivity index (χ1n) is 5.96. The highest BCUT2D eigenvalue weighted by atomic mass is 35.5. The molecule has 2 rings (SSSR count). The molecule has 0 amide bonds. The van der Waals surface area contributed by atoms with Gasteiger partial charge in [-0.1, -0.05) is 11.6 Å². The molecule has 1 N–H and O–H groups in total. The van der Waals surface area contributed by atoms with Crippen molar-refractivity contribution in [1.29, 1.82) is 0 Å². The fourth-order valence-electron chi connectivity index (χ4n) is 1.85. The van der Waals surface area contributed by atoms with Crippen molar-refractivity contribution in [3.8, 4) is 0 Å². The lowest BCUT2D eigenvalue weighted by Gasteiger charge is -2.26. The highest BCUT2D eigenvalue weighted by Crippen LogP contribution is 2.27. The van der Waals surface area contributed by atoms with Gasteiger partial charge in [0.2, 0.25) is 11.6 Å². The third-order valence-corrected chi connectivity index (χ3v) is 3.00. The summed E-state index contributed by atoms with van der Waals surface area (Å²) in [4.78, 5) is 28.7. The minimum Gasteiger partial charge on any atom is -0.376 e. The highest BCUT2D eigenvalue weighted by molar-refractivity contribution is 6.49. The number of carbonyl (C=O) groups is 2. The molecular weight excluding hydrogens is 264 g/mol. The van der Waals surface area contributed by atoms with E-state index in [1.165, 1.54) is 0 Å². The molecule has 0 fully saturated rings. The number of carbonyl (C=O) groups excluding carboxylic acids is 2. The molecule has 0 aliphatic heterocycles. The Morgan fingerprint density at radius 1 is 1.16 bits per heavy atom. The Balaban J connectivity index is 2.56. The van der Waals surface area contributed by atoms with Crippen LogP contribution in [0.4, 0.5) is 0 Å². The Kier molecular flexibility index (Phi) is 3.22. The van der Waals surface area contributed by atoms with Crippen molar-refractivity contribution in [2.75, 3.05) is 0 Å². The van der Waals surface area contributed by atoms with Crippen LogP contribution < -0.4 is 5.32 Å². The van der Waals surface area contributed by atoms with Gasteiger partial charge >= 0.3 is 0 Å². The van der Waals surface area contributed by atoms with Gasteiger partial charge in [-0.25, -0.2) is 4.98 Å². The fraction of sp³-hybridized carbons (Fsp3) is 0.357. The fourth-order valence-corrected chi connectivity index (χ4v) is 2.08. The first kappa shape index (κ1) is 13.7. The maximum atomic E-state index is 12.4. The summed E-state index contributed by atoms with van der Waals surface area (Å²) < 4.78 is 0. The minimum absolute atomic E-state index is 0.0712. The van der Waals surface area contributed by atoms with E-state index in [0.717, 1.165) is 0 Å². The number of Topliss-reactive ketones (excluding diaryl/α,β-unsaturated/α-hetero) is 2. The molecule has 0 bridgehead atoms. The second kappa shape index (κ2) is 4.46. The first-order valence-corrected chi connectivity index (χ1v) is 6.33. The number of halogens is 1. The second-order valence-corrected chi connectivity index (χ2v) is 5.95. The van der Waals surface area contributed by atoms with Crippen LogP contribution in [-0.2, 0) is 0 Å². The van der Waals surface area contributed by atoms with Crippen molar-refractivity contribution < 1.29 is 9.59 Å². The Bertz CT molecular complexity index is 612. The Labute approximate surface area is 116 Å². The Hall–Kier alpha value is -1.68. The smallest absolute Gasteiger partial charge is 0.229 e. The molecule has 5 heteroatoms. The molecular formula is C14H15ClN2O2. The number of allylic oxidation sites excluding steroid dienone is 2. The lowest BCUT2D eigenvalue weighted by molar-refractivity contribution is 0.0966. The van der Waals surface area contributed by atoms with Gasteiger partial charge in [-0.2, -0.15) is 0 Å². The normalized spacial score (nSPS) is 15.6. The van der Waals surface area contributed by atoms with Crippen LogP contribution in [0.25, 0.3) is 0 Å². The quantitative estimate of drug-likeness (QED) is 0.858. The number of aryl methyl sites for hydroxylation is 1. The molecule has 1 aliphatic rings. The van der Waals surface area contributed by atoms with Crippen molar-refractivity contribution in [2.45, 2.75) is 33.2 Å². The summed E-state index contributed by atoms with van der Waals surface area (Å²) in [6.45, 7) is 7.44. The summed E-state index contributed by atoms with van der Waals surface area (Å²) in [5.74, 6) is -0.700. The third kappa shape index (κ3) is 2.54. The van der Waals surface area contributed by atoms with Gasteiger partial charge in [-0.3, -0.25) is 9.59 Å². The highest BCUT2D eigenvalue weighted by Gasteiger charge is 2.34. The van der Waals surface area contributed by atoms with Crippen LogP contribution in [0.2, 0.25) is 0 Å². The summed E-state index contributed by atoms with van der Waals surface area (Å²) in [6.07, 6.45) is 0. The number of nitrogens with one attached hydrogen (secondary N) is 1. The molecule has 0 aromatic carbocycles. The lowest BCUT2D eigenvalue weighted by atomic mass is 9.95. The molecule has 1 heterocycles. The van der Waals surface area contributed by atoms with Gasteiger partial charge in [-0.05, 0) is 39.8 Å². The average Bonchev–Trinajstić information content (AvgIpc) is 2.30. The first-order chi connectivity index (χ1) is 8.70. The molecule has 1 aromatic heterocycles. The third-order valence-electron chi connectivity index (χ3n) is 2.64. The van der Waals surface area contributed by atoms with Crippen LogP contribution in [0, 0.1) is 6.92 Å². The van der Waals surface area contributed by atoms with Crippen molar-refractivity contribution in [3.05, 3.63) is 39.8 Å². The predicted octanol–water partition coefficient (Wildman–Crippen LogP) is 2.61. The van der Waals surface area contributed by atoms with Crippen LogP contribution in [0.5, 0.6) is 0 Å². The number of pyridine rings is 1. The molecule has 4 nitrogen and oxygen atoms in total. The van der Waals surface area contributed by atoms with E-state index in [0.29, 0.717) is 5.69 Å². The number of aromatic nitrogens is 1. The molecule has 19 heavy (non-hydrogen) atoms. The van der Waals surface area contributed by atoms with Crippen LogP contribution in [0.15, 0.2) is 22.9 Å². The van der Waals surface area contributed by atoms with Crippen LogP contribution in [0.1, 0.15) is 47.3 Å². The molecule has 1 aromatic rings. The zero-order chi connectivity index (χ0) is 14.4. The number of hydrogen-bond donors (Lipinski definition) is 1. The maximum absolute atomic E-state index is 12.4. The predicted molar refractivity (Wildman–Crippen MR) is 73.4 cm³/mol. The summed E-state index contributed by atoms with van der Waals surface area (Å²) >= 11 is 6.02. The van der Waals surface area contributed by atoms with Crippen LogP contribution in [-0.4, -0.2) is 22.1 Å². The van der Waals surface area contributed by atoms with Crippen molar-refractivity contribution in [2.24, 2.45) is 0 Å². The van der Waals surface area contributed by atoms with Crippen molar-refractivity contribution in [1.82, 2.24) is 10.3 Å². The number of fused-ring (bicyclic) bond motifs is 1. The number of rotatable bonds is 1. The Morgan fingerprint density at radius 3 is 2.37 bits per heavy atom. The van der Waals surface area contributed by atoms with E-state index < -0.39 is 0 Å². The van der Waals surface area contributed by atoms with E-state index in [1.807, 2.05) is 20.8 Å². The molecule has 1 aliphatic carbocycles. The molecule has 0 unspecified atom stereocenters. The number of hydrogen-bond acceptors (Lipinski definition) is 4. The standard InChI is InChI=1S/C14H15ClN2O2/c1-7-5-6-8-10(16-7)13(19)11(9(15)12(8)18)17-14(2,3)4/h5-6,17H,1-4H3. The molecule has 0 saturated carbocycles. The second-order valence-electron chi connectivity index (χ2n) is 5.57. The summed E-state index contributed by atoms with van der Waals surface area (Å²) in [5, 5.41) is 2.91. The zero-order valence-electron chi connectivity index (χ0n) is 11.3. The van der Waals surface area contributed by atoms with Crippen molar-refractivity contribution >= 4 is 23.2 Å². The van der Waals surface area contributed by atoms with Gasteiger partial charge < -0.3 is 5.32 Å². The van der Waals surface area contributed by atoms with Gasteiger partial charge in [-0.15, -0.1) is 0 Å². The van der Waals surface area contributed by atoms with Crippen LogP contribution >= 0.6 is 11.6 Å². The Morgan fingerprint density at radius 2 is 1.79 bits per heavy atom. The average molecular weight is 279 g/mol. The lowest BCUT2D eigenvalue weighted by Crippen LogP contribution is -2.40. The van der Waals surface area contributed by atoms with Gasteiger partial charge in [0.05, 0.1) is 5.56 Å². The van der Waals surface area contributed by atoms with Gasteiger partial charge in [0, 0.05) is 11.2 Å². The SMILES string of the molecule is Cc1ccc2c(n1)C(=O)C(NC(C)(C)C)=C(Cl)C2=O. The topological polar surface area (TPSA) is 59.1 Å². The molecule has 100 valence electrons. The van der Waals surface area contributed by atoms with Crippen LogP contribution in [0.3, 0.4) is 0 Å². The van der Waals surface area contributed by atoms with Gasteiger partial charge in [0.25, 0.3) is 0 Å². The maximum Gasteiger partial charge on any atom is 0.229 e. The number of nitrogens with zero attached hydrogens (tertiary/aromatic N) is 1. The van der Waals surface area contributed by atoms with E-state index in [2.05, 4.69) is 10.3 Å². The van der Waals surface area contributed by atoms with Gasteiger partial charge in [0.15, 0.2) is 0 Å². The monoisotopic (exact) mass is 278 g/mol. The van der Waals surface area contributed by atoms with E-state index in [4.69, 9.17) is 11.6 Å². The van der Waals surface area contributed by atoms with E-state index in [9.17, 15) is 9.59 Å².